The quantitative estimate of drug-likeness (QED) is 0.909. The summed E-state index contributed by atoms with van der Waals surface area (Å²) in [6.45, 7) is 4.68. The topological polar surface area (TPSA) is 24.5 Å². The minimum atomic E-state index is -0.212. The van der Waals surface area contributed by atoms with Gasteiger partial charge in [0.15, 0.2) is 0 Å². The molecule has 2 unspecified atom stereocenters. The average molecular weight is 343 g/mol. The third kappa shape index (κ3) is 3.39. The number of ether oxygens (including phenoxy) is 1. The monoisotopic (exact) mass is 342 g/mol. The number of hydrogen-bond acceptors (Lipinski definition) is 3. The minimum absolute atomic E-state index is 0.212. The number of nitrogens with zero attached hydrogens (tertiary/aromatic N) is 1. The minimum Gasteiger partial charge on any atom is -0.374 e. The second kappa shape index (κ2) is 6.52. The van der Waals surface area contributed by atoms with E-state index in [2.05, 4.69) is 26.1 Å². The van der Waals surface area contributed by atoms with Crippen molar-refractivity contribution in [1.29, 1.82) is 0 Å². The summed E-state index contributed by atoms with van der Waals surface area (Å²) in [4.78, 5) is 2.55. The van der Waals surface area contributed by atoms with E-state index in [4.69, 9.17) is 4.74 Å². The molecule has 3 rings (SSSR count). The summed E-state index contributed by atoms with van der Waals surface area (Å²) in [6, 6.07) is 5.46. The van der Waals surface area contributed by atoms with Gasteiger partial charge in [0.25, 0.3) is 0 Å². The zero-order valence-electron chi connectivity index (χ0n) is 11.4. The van der Waals surface area contributed by atoms with Crippen LogP contribution in [0.3, 0.4) is 0 Å². The summed E-state index contributed by atoms with van der Waals surface area (Å²) in [6.07, 6.45) is 2.85. The molecule has 2 aliphatic heterocycles. The highest BCUT2D eigenvalue weighted by Gasteiger charge is 2.31. The van der Waals surface area contributed by atoms with Crippen LogP contribution in [0.2, 0.25) is 0 Å². The summed E-state index contributed by atoms with van der Waals surface area (Å²) in [5.41, 5.74) is 1.07. The number of halogens is 2. The summed E-state index contributed by atoms with van der Waals surface area (Å²) >= 11 is 3.39. The Morgan fingerprint density at radius 2 is 2.35 bits per heavy atom. The Hall–Kier alpha value is -0.490. The number of nitrogens with one attached hydrogen (secondary N) is 1. The molecular weight excluding hydrogens is 323 g/mol. The van der Waals surface area contributed by atoms with Gasteiger partial charge in [0.2, 0.25) is 0 Å². The van der Waals surface area contributed by atoms with Gasteiger partial charge in [0.1, 0.15) is 5.82 Å². The van der Waals surface area contributed by atoms with Crippen LogP contribution >= 0.6 is 15.9 Å². The highest BCUT2D eigenvalue weighted by molar-refractivity contribution is 9.10. The fraction of sp³-hybridized carbons (Fsp3) is 0.600. The molecule has 1 aromatic rings. The Kier molecular flexibility index (Phi) is 4.71. The Labute approximate surface area is 127 Å². The molecular formula is C15H20BrFN2O. The lowest BCUT2D eigenvalue weighted by Gasteiger charge is -2.35. The maximum absolute atomic E-state index is 13.0. The molecule has 2 saturated heterocycles. The van der Waals surface area contributed by atoms with Gasteiger partial charge >= 0.3 is 0 Å². The van der Waals surface area contributed by atoms with Gasteiger partial charge < -0.3 is 10.1 Å². The van der Waals surface area contributed by atoms with E-state index in [0.29, 0.717) is 6.04 Å². The van der Waals surface area contributed by atoms with Gasteiger partial charge in [-0.3, -0.25) is 4.90 Å². The number of hydrogen-bond donors (Lipinski definition) is 1. The molecule has 2 heterocycles. The van der Waals surface area contributed by atoms with Crippen molar-refractivity contribution >= 4 is 15.9 Å². The van der Waals surface area contributed by atoms with E-state index in [1.165, 1.54) is 31.5 Å². The Morgan fingerprint density at radius 1 is 1.45 bits per heavy atom. The molecule has 5 heteroatoms. The average Bonchev–Trinajstić information content (AvgIpc) is 2.89. The lowest BCUT2D eigenvalue weighted by molar-refractivity contribution is -0.0470. The lowest BCUT2D eigenvalue weighted by Crippen LogP contribution is -2.49. The summed E-state index contributed by atoms with van der Waals surface area (Å²) in [5.74, 6) is -0.212. The van der Waals surface area contributed by atoms with Gasteiger partial charge in [-0.05, 0) is 37.1 Å². The molecule has 0 bridgehead atoms. The first-order valence-corrected chi connectivity index (χ1v) is 8.02. The highest BCUT2D eigenvalue weighted by Crippen LogP contribution is 2.22. The fourth-order valence-corrected chi connectivity index (χ4v) is 3.53. The fourth-order valence-electron chi connectivity index (χ4n) is 3.04. The van der Waals surface area contributed by atoms with Crippen molar-refractivity contribution in [2.24, 2.45) is 0 Å². The number of fused-ring (bicyclic) bond motifs is 1. The van der Waals surface area contributed by atoms with Crippen LogP contribution in [0, 0.1) is 5.82 Å². The van der Waals surface area contributed by atoms with Crippen LogP contribution < -0.4 is 5.32 Å². The Morgan fingerprint density at radius 3 is 3.20 bits per heavy atom. The van der Waals surface area contributed by atoms with Gasteiger partial charge in [0, 0.05) is 30.1 Å². The summed E-state index contributed by atoms with van der Waals surface area (Å²) < 4.78 is 19.7. The van der Waals surface area contributed by atoms with Crippen molar-refractivity contribution in [3.8, 4) is 0 Å². The third-order valence-electron chi connectivity index (χ3n) is 4.16. The van der Waals surface area contributed by atoms with Crippen LogP contribution in [0.1, 0.15) is 18.4 Å². The molecule has 110 valence electrons. The first-order valence-electron chi connectivity index (χ1n) is 7.22. The second-order valence-corrected chi connectivity index (χ2v) is 6.47. The van der Waals surface area contributed by atoms with E-state index in [1.807, 2.05) is 6.07 Å². The summed E-state index contributed by atoms with van der Waals surface area (Å²) in [5, 5.41) is 3.41. The maximum atomic E-state index is 13.0. The van der Waals surface area contributed by atoms with Gasteiger partial charge in [-0.1, -0.05) is 22.0 Å². The van der Waals surface area contributed by atoms with Crippen molar-refractivity contribution in [2.75, 3.05) is 26.2 Å². The van der Waals surface area contributed by atoms with Crippen LogP contribution in [0.15, 0.2) is 22.7 Å². The number of rotatable bonds is 4. The van der Waals surface area contributed by atoms with Gasteiger partial charge in [-0.2, -0.15) is 0 Å². The SMILES string of the molecule is Fc1ccc(CNCC2CN3CCCC3CO2)c(Br)c1. The molecule has 0 spiro atoms. The Bertz CT molecular complexity index is 471. The van der Waals surface area contributed by atoms with Crippen LogP contribution in [0.5, 0.6) is 0 Å². The lowest BCUT2D eigenvalue weighted by atomic mass is 10.2. The zero-order valence-corrected chi connectivity index (χ0v) is 13.0. The molecule has 2 aliphatic rings. The second-order valence-electron chi connectivity index (χ2n) is 5.61. The molecule has 0 amide bonds. The maximum Gasteiger partial charge on any atom is 0.124 e. The van der Waals surface area contributed by atoms with Crippen LogP contribution in [-0.2, 0) is 11.3 Å². The van der Waals surface area contributed by atoms with Crippen LogP contribution in [0.4, 0.5) is 4.39 Å². The van der Waals surface area contributed by atoms with E-state index in [0.717, 1.165) is 36.3 Å². The molecule has 2 fully saturated rings. The van der Waals surface area contributed by atoms with E-state index < -0.39 is 0 Å². The molecule has 0 radical (unpaired) electrons. The van der Waals surface area contributed by atoms with E-state index in [-0.39, 0.29) is 11.9 Å². The smallest absolute Gasteiger partial charge is 0.124 e. The first-order chi connectivity index (χ1) is 9.72. The van der Waals surface area contributed by atoms with Gasteiger partial charge in [-0.25, -0.2) is 4.39 Å². The molecule has 0 aromatic heterocycles. The van der Waals surface area contributed by atoms with Crippen molar-refractivity contribution in [3.05, 3.63) is 34.1 Å². The molecule has 2 atom stereocenters. The molecule has 3 nitrogen and oxygen atoms in total. The standard InChI is InChI=1S/C15H20BrFN2O/c16-15-6-12(17)4-3-11(15)7-18-8-14-9-19-5-1-2-13(19)10-20-14/h3-4,6,13-14,18H,1-2,5,7-10H2. The number of benzene rings is 1. The van der Waals surface area contributed by atoms with E-state index in [1.54, 1.807) is 0 Å². The predicted octanol–water partition coefficient (Wildman–Crippen LogP) is 2.54. The molecule has 0 aliphatic carbocycles. The van der Waals surface area contributed by atoms with Crippen LogP contribution in [-0.4, -0.2) is 43.3 Å². The summed E-state index contributed by atoms with van der Waals surface area (Å²) in [7, 11) is 0. The predicted molar refractivity (Wildman–Crippen MR) is 80.1 cm³/mol. The third-order valence-corrected chi connectivity index (χ3v) is 4.90. The molecule has 20 heavy (non-hydrogen) atoms. The number of morpholine rings is 1. The largest absolute Gasteiger partial charge is 0.374 e. The molecule has 1 N–H and O–H groups in total. The normalized spacial score (nSPS) is 26.7. The van der Waals surface area contributed by atoms with E-state index >= 15 is 0 Å². The first kappa shape index (κ1) is 14.4. The van der Waals surface area contributed by atoms with Gasteiger partial charge in [0.05, 0.1) is 12.7 Å². The van der Waals surface area contributed by atoms with Crippen LogP contribution in [0.25, 0.3) is 0 Å². The molecule has 1 aromatic carbocycles. The molecule has 0 saturated carbocycles. The van der Waals surface area contributed by atoms with Gasteiger partial charge in [-0.15, -0.1) is 0 Å². The van der Waals surface area contributed by atoms with Crippen molar-refractivity contribution in [3.63, 3.8) is 0 Å². The Balaban J connectivity index is 1.45. The zero-order chi connectivity index (χ0) is 13.9. The van der Waals surface area contributed by atoms with Crippen molar-refractivity contribution in [2.45, 2.75) is 31.5 Å². The van der Waals surface area contributed by atoms with E-state index in [9.17, 15) is 4.39 Å². The van der Waals surface area contributed by atoms with Crippen molar-refractivity contribution < 1.29 is 9.13 Å². The van der Waals surface area contributed by atoms with Crippen molar-refractivity contribution in [1.82, 2.24) is 10.2 Å². The highest BCUT2D eigenvalue weighted by atomic mass is 79.9.